The Bertz CT molecular complexity index is 1720. The molecule has 0 radical (unpaired) electrons. The monoisotopic (exact) mass is 547 g/mol. The fourth-order valence-electron chi connectivity index (χ4n) is 5.94. The Hall–Kier alpha value is -4.98. The Labute approximate surface area is 237 Å². The third-order valence-electron chi connectivity index (χ3n) is 7.74. The molecule has 1 N–H and O–H groups in total. The number of non-ortho nitro benzene ring substituents is 1. The number of furan rings is 1. The van der Waals surface area contributed by atoms with Crippen LogP contribution in [-0.4, -0.2) is 16.6 Å². The van der Waals surface area contributed by atoms with Crippen LogP contribution < -0.4 is 10.2 Å². The van der Waals surface area contributed by atoms with Crippen molar-refractivity contribution in [2.75, 3.05) is 10.2 Å². The lowest BCUT2D eigenvalue weighted by Gasteiger charge is -2.38. The van der Waals surface area contributed by atoms with Gasteiger partial charge in [-0.2, -0.15) is 0 Å². The number of allylic oxidation sites excluding steroid dienone is 1. The van der Waals surface area contributed by atoms with E-state index in [0.717, 1.165) is 11.4 Å². The standard InChI is InChI=1S/C33H29N3O5/c1-20-17-22(36(39)40)13-14-23(20)28-15-16-29(41-28)31-30-25(18-33(2,3)19-27(30)37)34-24-11-7-8-12-26(24)35(31)32(38)21-9-5-4-6-10-21/h4-18,30-31,34H,19H2,1-3H3/t30-,31-/m1/s1. The van der Waals surface area contributed by atoms with E-state index in [9.17, 15) is 19.7 Å². The van der Waals surface area contributed by atoms with E-state index in [1.165, 1.54) is 12.1 Å². The number of nitro benzene ring substituents is 1. The normalized spacial score (nSPS) is 19.3. The molecule has 0 unspecified atom stereocenters. The zero-order valence-corrected chi connectivity index (χ0v) is 23.0. The minimum Gasteiger partial charge on any atom is -0.459 e. The fraction of sp³-hybridized carbons (Fsp3) is 0.212. The van der Waals surface area contributed by atoms with Gasteiger partial charge in [0, 0.05) is 35.4 Å². The molecule has 2 atom stereocenters. The van der Waals surface area contributed by atoms with Gasteiger partial charge in [0.1, 0.15) is 23.3 Å². The van der Waals surface area contributed by atoms with Crippen molar-refractivity contribution in [1.29, 1.82) is 0 Å². The molecule has 1 amide bonds. The number of ketones is 1. The topological polar surface area (TPSA) is 106 Å². The summed E-state index contributed by atoms with van der Waals surface area (Å²) < 4.78 is 6.46. The average molecular weight is 548 g/mol. The second-order valence-corrected chi connectivity index (χ2v) is 11.3. The van der Waals surface area contributed by atoms with E-state index >= 15 is 0 Å². The van der Waals surface area contributed by atoms with E-state index in [0.29, 0.717) is 40.3 Å². The molecule has 4 aromatic rings. The van der Waals surface area contributed by atoms with Gasteiger partial charge in [-0.3, -0.25) is 24.6 Å². The SMILES string of the molecule is Cc1cc([N+](=O)[O-])ccc1-c1ccc([C@@H]2[C@H]3C(=O)CC(C)(C)C=C3Nc3ccccc3N2C(=O)c2ccccc2)o1. The predicted octanol–water partition coefficient (Wildman–Crippen LogP) is 7.48. The number of aryl methyl sites for hydroxylation is 1. The molecule has 41 heavy (non-hydrogen) atoms. The number of para-hydroxylation sites is 2. The Kier molecular flexibility index (Phi) is 6.33. The van der Waals surface area contributed by atoms with Crippen molar-refractivity contribution in [2.24, 2.45) is 11.3 Å². The number of fused-ring (bicyclic) bond motifs is 2. The number of carbonyl (C=O) groups is 2. The van der Waals surface area contributed by atoms with Gasteiger partial charge in [0.05, 0.1) is 22.2 Å². The molecule has 0 spiro atoms. The number of nitro groups is 1. The zero-order valence-electron chi connectivity index (χ0n) is 23.0. The van der Waals surface area contributed by atoms with Crippen LogP contribution in [0.5, 0.6) is 0 Å². The second-order valence-electron chi connectivity index (χ2n) is 11.3. The van der Waals surface area contributed by atoms with Gasteiger partial charge in [-0.1, -0.05) is 50.3 Å². The fourth-order valence-corrected chi connectivity index (χ4v) is 5.94. The molecule has 8 heteroatoms. The van der Waals surface area contributed by atoms with E-state index in [2.05, 4.69) is 11.4 Å². The molecule has 0 fully saturated rings. The van der Waals surface area contributed by atoms with E-state index in [-0.39, 0.29) is 22.8 Å². The van der Waals surface area contributed by atoms with Crippen molar-refractivity contribution < 1.29 is 18.9 Å². The largest absolute Gasteiger partial charge is 0.459 e. The second kappa shape index (κ2) is 9.89. The van der Waals surface area contributed by atoms with Crippen LogP contribution in [0.15, 0.2) is 101 Å². The molecule has 2 aliphatic rings. The molecular formula is C33H29N3O5. The number of carbonyl (C=O) groups excluding carboxylic acids is 2. The first-order valence-electron chi connectivity index (χ1n) is 13.5. The number of anilines is 2. The number of rotatable bonds is 4. The quantitative estimate of drug-likeness (QED) is 0.210. The number of hydrogen-bond acceptors (Lipinski definition) is 6. The van der Waals surface area contributed by atoms with E-state index in [1.54, 1.807) is 42.2 Å². The molecular weight excluding hydrogens is 518 g/mol. The van der Waals surface area contributed by atoms with Gasteiger partial charge in [-0.15, -0.1) is 0 Å². The molecule has 3 aromatic carbocycles. The highest BCUT2D eigenvalue weighted by molar-refractivity contribution is 6.09. The number of benzene rings is 3. The summed E-state index contributed by atoms with van der Waals surface area (Å²) in [6.45, 7) is 5.84. The minimum absolute atomic E-state index is 0.00527. The first-order chi connectivity index (χ1) is 19.6. The summed E-state index contributed by atoms with van der Waals surface area (Å²) in [5.74, 6) is 0.00462. The van der Waals surface area contributed by atoms with Crippen molar-refractivity contribution in [3.63, 3.8) is 0 Å². The molecule has 0 bridgehead atoms. The van der Waals surface area contributed by atoms with Gasteiger partial charge in [0.15, 0.2) is 0 Å². The smallest absolute Gasteiger partial charge is 0.269 e. The molecule has 0 saturated heterocycles. The minimum atomic E-state index is -0.777. The summed E-state index contributed by atoms with van der Waals surface area (Å²) >= 11 is 0. The Morgan fingerprint density at radius 1 is 1.02 bits per heavy atom. The lowest BCUT2D eigenvalue weighted by molar-refractivity contribution is -0.384. The molecule has 1 aliphatic heterocycles. The summed E-state index contributed by atoms with van der Waals surface area (Å²) in [6, 6.07) is 23.9. The Morgan fingerprint density at radius 3 is 2.49 bits per heavy atom. The number of nitrogens with zero attached hydrogens (tertiary/aromatic N) is 2. The molecule has 1 aromatic heterocycles. The van der Waals surface area contributed by atoms with Gasteiger partial charge >= 0.3 is 0 Å². The molecule has 0 saturated carbocycles. The highest BCUT2D eigenvalue weighted by Crippen LogP contribution is 2.49. The summed E-state index contributed by atoms with van der Waals surface area (Å²) in [6.07, 6.45) is 2.40. The first kappa shape index (κ1) is 26.3. The lowest BCUT2D eigenvalue weighted by atomic mass is 9.73. The van der Waals surface area contributed by atoms with Gasteiger partial charge in [-0.25, -0.2) is 0 Å². The first-order valence-corrected chi connectivity index (χ1v) is 13.5. The number of amides is 1. The van der Waals surface area contributed by atoms with Crippen LogP contribution in [0.3, 0.4) is 0 Å². The summed E-state index contributed by atoms with van der Waals surface area (Å²) in [5, 5.41) is 14.8. The van der Waals surface area contributed by atoms with Crippen LogP contribution in [0.2, 0.25) is 0 Å². The highest BCUT2D eigenvalue weighted by atomic mass is 16.6. The summed E-state index contributed by atoms with van der Waals surface area (Å²) in [4.78, 5) is 40.8. The van der Waals surface area contributed by atoms with E-state index < -0.39 is 16.9 Å². The van der Waals surface area contributed by atoms with Gasteiger partial charge in [0.2, 0.25) is 0 Å². The molecule has 2 heterocycles. The van der Waals surface area contributed by atoms with Gasteiger partial charge < -0.3 is 9.73 Å². The van der Waals surface area contributed by atoms with E-state index in [1.807, 2.05) is 56.3 Å². The van der Waals surface area contributed by atoms with Crippen LogP contribution in [0.4, 0.5) is 17.1 Å². The zero-order chi connectivity index (χ0) is 28.9. The van der Waals surface area contributed by atoms with Crippen molar-refractivity contribution in [3.8, 4) is 11.3 Å². The number of Topliss-reactive ketones (excluding diaryl/α,β-unsaturated/α-hetero) is 1. The van der Waals surface area contributed by atoms with Gasteiger partial charge in [0.25, 0.3) is 11.6 Å². The van der Waals surface area contributed by atoms with Crippen LogP contribution in [0.1, 0.15) is 48.0 Å². The lowest BCUT2D eigenvalue weighted by Crippen LogP contribution is -2.43. The Balaban J connectivity index is 1.56. The third kappa shape index (κ3) is 4.71. The van der Waals surface area contributed by atoms with Crippen molar-refractivity contribution in [2.45, 2.75) is 33.2 Å². The van der Waals surface area contributed by atoms with Crippen molar-refractivity contribution in [1.82, 2.24) is 0 Å². The molecule has 206 valence electrons. The summed E-state index contributed by atoms with van der Waals surface area (Å²) in [7, 11) is 0. The highest BCUT2D eigenvalue weighted by Gasteiger charge is 2.47. The Morgan fingerprint density at radius 2 is 1.76 bits per heavy atom. The van der Waals surface area contributed by atoms with Crippen LogP contribution in [0.25, 0.3) is 11.3 Å². The number of nitrogens with one attached hydrogen (secondary N) is 1. The third-order valence-corrected chi connectivity index (χ3v) is 7.74. The molecule has 8 nitrogen and oxygen atoms in total. The van der Waals surface area contributed by atoms with Gasteiger partial charge in [-0.05, 0) is 60.4 Å². The van der Waals surface area contributed by atoms with Crippen molar-refractivity contribution in [3.05, 3.63) is 124 Å². The number of hydrogen-bond donors (Lipinski definition) is 1. The van der Waals surface area contributed by atoms with E-state index in [4.69, 9.17) is 4.42 Å². The average Bonchev–Trinajstić information content (AvgIpc) is 3.36. The van der Waals surface area contributed by atoms with Crippen LogP contribution in [0, 0.1) is 28.4 Å². The molecule has 6 rings (SSSR count). The van der Waals surface area contributed by atoms with Crippen LogP contribution in [-0.2, 0) is 4.79 Å². The summed E-state index contributed by atoms with van der Waals surface area (Å²) in [5.41, 5.74) is 3.59. The van der Waals surface area contributed by atoms with Crippen LogP contribution >= 0.6 is 0 Å². The predicted molar refractivity (Wildman–Crippen MR) is 157 cm³/mol. The maximum Gasteiger partial charge on any atom is 0.269 e. The maximum absolute atomic E-state index is 14.3. The van der Waals surface area contributed by atoms with Crippen molar-refractivity contribution >= 4 is 28.8 Å². The maximum atomic E-state index is 14.3. The molecule has 1 aliphatic carbocycles.